The second-order valence-corrected chi connectivity index (χ2v) is 5.66. The van der Waals surface area contributed by atoms with Gasteiger partial charge in [0.2, 0.25) is 0 Å². The zero-order valence-corrected chi connectivity index (χ0v) is 12.1. The molecule has 0 aromatic heterocycles. The lowest BCUT2D eigenvalue weighted by Crippen LogP contribution is -2.40. The molecule has 1 atom stereocenters. The molecular weight excluding hydrogens is 273 g/mol. The fraction of sp³-hybridized carbons (Fsp3) is 0.500. The monoisotopic (exact) mass is 293 g/mol. The minimum absolute atomic E-state index is 0.131. The van der Waals surface area contributed by atoms with Crippen molar-refractivity contribution in [3.05, 3.63) is 35.1 Å². The van der Waals surface area contributed by atoms with Crippen molar-refractivity contribution >= 4 is 11.9 Å². The summed E-state index contributed by atoms with van der Waals surface area (Å²) in [6.07, 6.45) is 2.52. The maximum atomic E-state index is 13.6. The molecule has 21 heavy (non-hydrogen) atoms. The summed E-state index contributed by atoms with van der Waals surface area (Å²) < 4.78 is 13.6. The predicted molar refractivity (Wildman–Crippen MR) is 76.6 cm³/mol. The summed E-state index contributed by atoms with van der Waals surface area (Å²) in [4.78, 5) is 24.7. The highest BCUT2D eigenvalue weighted by Crippen LogP contribution is 2.23. The molecule has 2 rings (SSSR count). The Balaban J connectivity index is 2.01. The van der Waals surface area contributed by atoms with Crippen LogP contribution < -0.4 is 0 Å². The maximum Gasteiger partial charge on any atom is 0.303 e. The van der Waals surface area contributed by atoms with Gasteiger partial charge in [-0.2, -0.15) is 0 Å². The zero-order valence-electron chi connectivity index (χ0n) is 12.1. The Bertz CT molecular complexity index is 544. The molecule has 1 aromatic rings. The molecule has 1 heterocycles. The Hall–Kier alpha value is -1.91. The van der Waals surface area contributed by atoms with E-state index in [0.29, 0.717) is 30.6 Å². The third kappa shape index (κ3) is 4.03. The number of likely N-dealkylation sites (tertiary alicyclic amines) is 1. The average Bonchev–Trinajstić information content (AvgIpc) is 2.47. The first kappa shape index (κ1) is 15.5. The standard InChI is InChI=1S/C16H20FNO3/c1-11-4-6-13(9-14(11)17)16(21)18-8-2-3-12(10-18)5-7-15(19)20/h4,6,9,12H,2-3,5,7-8,10H2,1H3,(H,19,20)/t12-/m0/s1. The highest BCUT2D eigenvalue weighted by molar-refractivity contribution is 5.94. The van der Waals surface area contributed by atoms with Crippen molar-refractivity contribution in [2.24, 2.45) is 5.92 Å². The van der Waals surface area contributed by atoms with Crippen LogP contribution in [0.2, 0.25) is 0 Å². The summed E-state index contributed by atoms with van der Waals surface area (Å²) >= 11 is 0. The molecular formula is C16H20FNO3. The van der Waals surface area contributed by atoms with Crippen molar-refractivity contribution in [3.63, 3.8) is 0 Å². The fourth-order valence-corrected chi connectivity index (χ4v) is 2.72. The van der Waals surface area contributed by atoms with Gasteiger partial charge in [0.05, 0.1) is 0 Å². The fourth-order valence-electron chi connectivity index (χ4n) is 2.72. The molecule has 5 heteroatoms. The highest BCUT2D eigenvalue weighted by atomic mass is 19.1. The number of nitrogens with zero attached hydrogens (tertiary/aromatic N) is 1. The van der Waals surface area contributed by atoms with E-state index in [1.54, 1.807) is 24.0 Å². The Kier molecular flexibility index (Phi) is 4.94. The van der Waals surface area contributed by atoms with E-state index in [9.17, 15) is 14.0 Å². The van der Waals surface area contributed by atoms with Gasteiger partial charge < -0.3 is 10.0 Å². The quantitative estimate of drug-likeness (QED) is 0.928. The second kappa shape index (κ2) is 6.70. The molecule has 0 saturated carbocycles. The van der Waals surface area contributed by atoms with E-state index in [1.165, 1.54) is 6.07 Å². The number of carbonyl (C=O) groups excluding carboxylic acids is 1. The van der Waals surface area contributed by atoms with E-state index in [-0.39, 0.29) is 24.1 Å². The number of carboxylic acid groups (broad SMARTS) is 1. The largest absolute Gasteiger partial charge is 0.481 e. The Labute approximate surface area is 123 Å². The topological polar surface area (TPSA) is 57.6 Å². The van der Waals surface area contributed by atoms with E-state index in [1.807, 2.05) is 0 Å². The van der Waals surface area contributed by atoms with Crippen LogP contribution in [0.4, 0.5) is 4.39 Å². The lowest BCUT2D eigenvalue weighted by Gasteiger charge is -2.32. The Morgan fingerprint density at radius 1 is 1.43 bits per heavy atom. The SMILES string of the molecule is Cc1ccc(C(=O)N2CCC[C@@H](CCC(=O)O)C2)cc1F. The van der Waals surface area contributed by atoms with Crippen LogP contribution in [0.5, 0.6) is 0 Å². The lowest BCUT2D eigenvalue weighted by atomic mass is 9.93. The molecule has 4 nitrogen and oxygen atoms in total. The molecule has 0 spiro atoms. The lowest BCUT2D eigenvalue weighted by molar-refractivity contribution is -0.137. The van der Waals surface area contributed by atoms with Gasteiger partial charge in [0.25, 0.3) is 5.91 Å². The van der Waals surface area contributed by atoms with Crippen molar-refractivity contribution < 1.29 is 19.1 Å². The van der Waals surface area contributed by atoms with Crippen LogP contribution in [-0.2, 0) is 4.79 Å². The van der Waals surface area contributed by atoms with Gasteiger partial charge in [-0.1, -0.05) is 6.07 Å². The Morgan fingerprint density at radius 2 is 2.19 bits per heavy atom. The first-order valence-corrected chi connectivity index (χ1v) is 7.24. The number of amides is 1. The van der Waals surface area contributed by atoms with Crippen LogP contribution in [-0.4, -0.2) is 35.0 Å². The number of hydrogen-bond donors (Lipinski definition) is 1. The van der Waals surface area contributed by atoms with Gasteiger partial charge in [0.15, 0.2) is 0 Å². The van der Waals surface area contributed by atoms with E-state index in [4.69, 9.17) is 5.11 Å². The van der Waals surface area contributed by atoms with Crippen LogP contribution in [0.1, 0.15) is 41.6 Å². The normalized spacial score (nSPS) is 18.6. The molecule has 0 unspecified atom stereocenters. The van der Waals surface area contributed by atoms with E-state index in [2.05, 4.69) is 0 Å². The van der Waals surface area contributed by atoms with Gasteiger partial charge in [0.1, 0.15) is 5.82 Å². The van der Waals surface area contributed by atoms with Crippen LogP contribution >= 0.6 is 0 Å². The predicted octanol–water partition coefficient (Wildman–Crippen LogP) is 2.85. The van der Waals surface area contributed by atoms with Crippen LogP contribution in [0.25, 0.3) is 0 Å². The van der Waals surface area contributed by atoms with E-state index >= 15 is 0 Å². The molecule has 1 aliphatic heterocycles. The number of hydrogen-bond acceptors (Lipinski definition) is 2. The van der Waals surface area contributed by atoms with Gasteiger partial charge in [-0.15, -0.1) is 0 Å². The molecule has 1 aromatic carbocycles. The molecule has 0 aliphatic carbocycles. The van der Waals surface area contributed by atoms with Gasteiger partial charge in [-0.3, -0.25) is 9.59 Å². The number of carboxylic acids is 1. The molecule has 1 fully saturated rings. The van der Waals surface area contributed by atoms with Gasteiger partial charge in [0, 0.05) is 25.1 Å². The minimum atomic E-state index is -0.806. The summed E-state index contributed by atoms with van der Waals surface area (Å²) in [5, 5.41) is 8.73. The molecule has 0 radical (unpaired) electrons. The molecule has 0 bridgehead atoms. The average molecular weight is 293 g/mol. The van der Waals surface area contributed by atoms with Crippen molar-refractivity contribution in [2.75, 3.05) is 13.1 Å². The van der Waals surface area contributed by atoms with Crippen molar-refractivity contribution in [1.29, 1.82) is 0 Å². The van der Waals surface area contributed by atoms with Crippen molar-refractivity contribution in [3.8, 4) is 0 Å². The zero-order chi connectivity index (χ0) is 15.4. The van der Waals surface area contributed by atoms with E-state index in [0.717, 1.165) is 12.8 Å². The van der Waals surface area contributed by atoms with Crippen LogP contribution in [0.15, 0.2) is 18.2 Å². The summed E-state index contributed by atoms with van der Waals surface area (Å²) in [5.74, 6) is -1.14. The van der Waals surface area contributed by atoms with E-state index < -0.39 is 5.97 Å². The van der Waals surface area contributed by atoms with Gasteiger partial charge >= 0.3 is 5.97 Å². The third-order valence-electron chi connectivity index (χ3n) is 3.99. The first-order valence-electron chi connectivity index (χ1n) is 7.24. The first-order chi connectivity index (χ1) is 9.97. The Morgan fingerprint density at radius 3 is 2.86 bits per heavy atom. The summed E-state index contributed by atoms with van der Waals surface area (Å²) in [6.45, 7) is 2.87. The number of aryl methyl sites for hydroxylation is 1. The number of aliphatic carboxylic acids is 1. The molecule has 1 N–H and O–H groups in total. The molecule has 1 amide bonds. The van der Waals surface area contributed by atoms with Gasteiger partial charge in [-0.05, 0) is 49.8 Å². The summed E-state index contributed by atoms with van der Waals surface area (Å²) in [6, 6.07) is 4.52. The summed E-state index contributed by atoms with van der Waals surface area (Å²) in [5.41, 5.74) is 0.876. The van der Waals surface area contributed by atoms with Crippen molar-refractivity contribution in [2.45, 2.75) is 32.6 Å². The number of carbonyl (C=O) groups is 2. The highest BCUT2D eigenvalue weighted by Gasteiger charge is 2.25. The molecule has 1 saturated heterocycles. The summed E-state index contributed by atoms with van der Waals surface area (Å²) in [7, 11) is 0. The second-order valence-electron chi connectivity index (χ2n) is 5.66. The molecule has 1 aliphatic rings. The van der Waals surface area contributed by atoms with Crippen molar-refractivity contribution in [1.82, 2.24) is 4.90 Å². The number of rotatable bonds is 4. The number of benzene rings is 1. The number of halogens is 1. The number of piperidine rings is 1. The molecule has 114 valence electrons. The van der Waals surface area contributed by atoms with Crippen LogP contribution in [0.3, 0.4) is 0 Å². The maximum absolute atomic E-state index is 13.6. The van der Waals surface area contributed by atoms with Crippen LogP contribution in [0, 0.1) is 18.7 Å². The smallest absolute Gasteiger partial charge is 0.303 e. The minimum Gasteiger partial charge on any atom is -0.481 e. The third-order valence-corrected chi connectivity index (χ3v) is 3.99. The van der Waals surface area contributed by atoms with Gasteiger partial charge in [-0.25, -0.2) is 4.39 Å².